The second-order valence-electron chi connectivity index (χ2n) is 6.82. The van der Waals surface area contributed by atoms with Gasteiger partial charge in [-0.3, -0.25) is 0 Å². The lowest BCUT2D eigenvalue weighted by molar-refractivity contribution is -0.187. The van der Waals surface area contributed by atoms with Crippen molar-refractivity contribution in [3.63, 3.8) is 0 Å². The van der Waals surface area contributed by atoms with Crippen LogP contribution in [0.15, 0.2) is 30.3 Å². The fourth-order valence-corrected chi connectivity index (χ4v) is 4.69. The smallest absolute Gasteiger partial charge is 0.168 e. The molecule has 3 fully saturated rings. The summed E-state index contributed by atoms with van der Waals surface area (Å²) < 4.78 is 11.9. The summed E-state index contributed by atoms with van der Waals surface area (Å²) in [5, 5.41) is 3.56. The number of hydrogen-bond acceptors (Lipinski definition) is 3. The number of ether oxygens (including phenoxy) is 2. The lowest BCUT2D eigenvalue weighted by Crippen LogP contribution is -2.46. The van der Waals surface area contributed by atoms with Crippen LogP contribution in [0.4, 0.5) is 0 Å². The molecular formula is C18H26ClNO2. The molecule has 122 valence electrons. The molecule has 1 spiro atoms. The van der Waals surface area contributed by atoms with E-state index in [1.165, 1.54) is 24.8 Å². The minimum Gasteiger partial charge on any atom is -0.348 e. The Morgan fingerprint density at radius 1 is 0.955 bits per heavy atom. The van der Waals surface area contributed by atoms with Crippen molar-refractivity contribution in [1.82, 2.24) is 5.32 Å². The second-order valence-corrected chi connectivity index (χ2v) is 6.82. The highest BCUT2D eigenvalue weighted by atomic mass is 35.5. The van der Waals surface area contributed by atoms with Crippen LogP contribution in [0.3, 0.4) is 0 Å². The molecule has 0 amide bonds. The molecule has 0 bridgehead atoms. The van der Waals surface area contributed by atoms with Crippen LogP contribution in [0, 0.1) is 5.92 Å². The highest BCUT2D eigenvalue weighted by molar-refractivity contribution is 5.85. The summed E-state index contributed by atoms with van der Waals surface area (Å²) >= 11 is 0. The molecule has 0 radical (unpaired) electrons. The molecule has 1 unspecified atom stereocenters. The topological polar surface area (TPSA) is 30.5 Å². The first-order valence-corrected chi connectivity index (χ1v) is 8.37. The van der Waals surface area contributed by atoms with E-state index in [0.29, 0.717) is 5.41 Å². The van der Waals surface area contributed by atoms with Crippen LogP contribution in [0.5, 0.6) is 0 Å². The van der Waals surface area contributed by atoms with Crippen molar-refractivity contribution in [2.75, 3.05) is 26.3 Å². The third kappa shape index (κ3) is 2.69. The summed E-state index contributed by atoms with van der Waals surface area (Å²) in [6.07, 6.45) is 5.74. The summed E-state index contributed by atoms with van der Waals surface area (Å²) in [6, 6.07) is 11.1. The van der Waals surface area contributed by atoms with E-state index in [1.54, 1.807) is 0 Å². The van der Waals surface area contributed by atoms with E-state index in [0.717, 1.165) is 45.1 Å². The third-order valence-corrected chi connectivity index (χ3v) is 5.91. The van der Waals surface area contributed by atoms with Crippen molar-refractivity contribution in [3.8, 4) is 0 Å². The van der Waals surface area contributed by atoms with Gasteiger partial charge in [-0.15, -0.1) is 12.4 Å². The predicted octanol–water partition coefficient (Wildman–Crippen LogP) is 3.27. The van der Waals surface area contributed by atoms with Gasteiger partial charge in [-0.1, -0.05) is 30.3 Å². The van der Waals surface area contributed by atoms with Crippen LogP contribution in [-0.4, -0.2) is 32.1 Å². The summed E-state index contributed by atoms with van der Waals surface area (Å²) in [5.74, 6) is 0.489. The average molecular weight is 324 g/mol. The lowest BCUT2D eigenvalue weighted by Gasteiger charge is -2.47. The molecule has 3 aliphatic rings. The summed E-state index contributed by atoms with van der Waals surface area (Å²) in [6.45, 7) is 3.85. The monoisotopic (exact) mass is 323 g/mol. The molecule has 1 aromatic carbocycles. The molecule has 4 rings (SSSR count). The summed E-state index contributed by atoms with van der Waals surface area (Å²) in [7, 11) is 0. The minimum absolute atomic E-state index is 0. The number of rotatable bonds is 2. The standard InChI is InChI=1S/C18H25NO2.ClH/c1-2-4-15(5-3-1)17(16-6-11-19-14-16)7-9-18(10-8-17)20-12-13-21-18;/h1-5,16,19H,6-14H2;1H. The Labute approximate surface area is 139 Å². The van der Waals surface area contributed by atoms with Gasteiger partial charge < -0.3 is 14.8 Å². The van der Waals surface area contributed by atoms with Crippen LogP contribution in [-0.2, 0) is 14.9 Å². The zero-order valence-corrected chi connectivity index (χ0v) is 13.9. The molecule has 22 heavy (non-hydrogen) atoms. The van der Waals surface area contributed by atoms with Gasteiger partial charge in [0.25, 0.3) is 0 Å². The molecule has 1 aromatic rings. The zero-order valence-electron chi connectivity index (χ0n) is 13.1. The quantitative estimate of drug-likeness (QED) is 0.906. The Hall–Kier alpha value is -0.610. The highest BCUT2D eigenvalue weighted by Crippen LogP contribution is 2.51. The van der Waals surface area contributed by atoms with E-state index in [2.05, 4.69) is 35.6 Å². The maximum absolute atomic E-state index is 5.94. The van der Waals surface area contributed by atoms with Crippen LogP contribution in [0.1, 0.15) is 37.7 Å². The van der Waals surface area contributed by atoms with Crippen molar-refractivity contribution in [2.24, 2.45) is 5.92 Å². The van der Waals surface area contributed by atoms with Crippen LogP contribution in [0.2, 0.25) is 0 Å². The van der Waals surface area contributed by atoms with Gasteiger partial charge >= 0.3 is 0 Å². The van der Waals surface area contributed by atoms with Crippen molar-refractivity contribution >= 4 is 12.4 Å². The Bertz CT molecular complexity index is 471. The van der Waals surface area contributed by atoms with Crippen LogP contribution < -0.4 is 5.32 Å². The van der Waals surface area contributed by atoms with Crippen molar-refractivity contribution < 1.29 is 9.47 Å². The molecule has 3 nitrogen and oxygen atoms in total. The van der Waals surface area contributed by atoms with Crippen molar-refractivity contribution in [2.45, 2.75) is 43.3 Å². The van der Waals surface area contributed by atoms with E-state index >= 15 is 0 Å². The molecule has 0 aromatic heterocycles. The normalized spacial score (nSPS) is 29.4. The van der Waals surface area contributed by atoms with Gasteiger partial charge in [0, 0.05) is 12.8 Å². The van der Waals surface area contributed by atoms with Crippen molar-refractivity contribution in [1.29, 1.82) is 0 Å². The molecule has 1 aliphatic carbocycles. The van der Waals surface area contributed by atoms with Crippen molar-refractivity contribution in [3.05, 3.63) is 35.9 Å². The van der Waals surface area contributed by atoms with E-state index < -0.39 is 0 Å². The second kappa shape index (κ2) is 6.48. The molecule has 1 saturated carbocycles. The first kappa shape index (κ1) is 16.3. The fraction of sp³-hybridized carbons (Fsp3) is 0.667. The van der Waals surface area contributed by atoms with E-state index in [4.69, 9.17) is 9.47 Å². The lowest BCUT2D eigenvalue weighted by atomic mass is 9.60. The molecular weight excluding hydrogens is 298 g/mol. The molecule has 2 aliphatic heterocycles. The van der Waals surface area contributed by atoms with E-state index in [-0.39, 0.29) is 18.2 Å². The van der Waals surface area contributed by atoms with E-state index in [9.17, 15) is 0 Å². The van der Waals surface area contributed by atoms with Gasteiger partial charge in [-0.25, -0.2) is 0 Å². The molecule has 1 N–H and O–H groups in total. The van der Waals surface area contributed by atoms with Crippen LogP contribution >= 0.6 is 12.4 Å². The highest BCUT2D eigenvalue weighted by Gasteiger charge is 2.50. The number of halogens is 1. The van der Waals surface area contributed by atoms with Gasteiger partial charge in [-0.2, -0.15) is 0 Å². The third-order valence-electron chi connectivity index (χ3n) is 5.91. The summed E-state index contributed by atoms with van der Waals surface area (Å²) in [5.41, 5.74) is 1.83. The Kier molecular flexibility index (Phi) is 4.79. The first-order valence-electron chi connectivity index (χ1n) is 8.37. The van der Waals surface area contributed by atoms with Gasteiger partial charge in [-0.05, 0) is 49.2 Å². The fourth-order valence-electron chi connectivity index (χ4n) is 4.69. The van der Waals surface area contributed by atoms with Gasteiger partial charge in [0.1, 0.15) is 0 Å². The summed E-state index contributed by atoms with van der Waals surface area (Å²) in [4.78, 5) is 0. The number of benzene rings is 1. The SMILES string of the molecule is Cl.c1ccc(C2(C3CCNC3)CCC3(CC2)OCCO3)cc1. The number of nitrogens with one attached hydrogen (secondary N) is 1. The van der Waals surface area contributed by atoms with E-state index in [1.807, 2.05) is 0 Å². The Morgan fingerprint density at radius 3 is 2.23 bits per heavy atom. The molecule has 2 saturated heterocycles. The van der Waals surface area contributed by atoms with Gasteiger partial charge in [0.15, 0.2) is 5.79 Å². The maximum atomic E-state index is 5.94. The zero-order chi connectivity index (χ0) is 14.2. The Balaban J connectivity index is 0.00000144. The predicted molar refractivity (Wildman–Crippen MR) is 89.4 cm³/mol. The van der Waals surface area contributed by atoms with Gasteiger partial charge in [0.2, 0.25) is 0 Å². The number of hydrogen-bond donors (Lipinski definition) is 1. The van der Waals surface area contributed by atoms with Gasteiger partial charge in [0.05, 0.1) is 13.2 Å². The Morgan fingerprint density at radius 2 is 1.64 bits per heavy atom. The first-order chi connectivity index (χ1) is 10.3. The molecule has 1 atom stereocenters. The minimum atomic E-state index is -0.260. The van der Waals surface area contributed by atoms with Crippen LogP contribution in [0.25, 0.3) is 0 Å². The average Bonchev–Trinajstić information content (AvgIpc) is 3.22. The molecule has 2 heterocycles. The molecule has 4 heteroatoms. The largest absolute Gasteiger partial charge is 0.348 e. The maximum Gasteiger partial charge on any atom is 0.168 e.